The number of piperidine rings is 1. The minimum Gasteiger partial charge on any atom is -0.333 e. The van der Waals surface area contributed by atoms with Crippen LogP contribution in [-0.2, 0) is 19.5 Å². The number of hydrogen-bond acceptors (Lipinski definition) is 6. The maximum absolute atomic E-state index is 12.9. The van der Waals surface area contributed by atoms with E-state index in [0.717, 1.165) is 44.0 Å². The van der Waals surface area contributed by atoms with Crippen molar-refractivity contribution in [2.45, 2.75) is 38.3 Å². The van der Waals surface area contributed by atoms with Crippen LogP contribution in [0.5, 0.6) is 0 Å². The van der Waals surface area contributed by atoms with Crippen LogP contribution in [0.25, 0.3) is 0 Å². The summed E-state index contributed by atoms with van der Waals surface area (Å²) in [5.74, 6) is 1.00. The van der Waals surface area contributed by atoms with Crippen LogP contribution in [-0.4, -0.2) is 50.3 Å². The number of aromatic amines is 1. The summed E-state index contributed by atoms with van der Waals surface area (Å²) in [6.07, 6.45) is 6.38. The number of thiophene rings is 1. The van der Waals surface area contributed by atoms with Gasteiger partial charge in [-0.1, -0.05) is 6.07 Å². The van der Waals surface area contributed by atoms with E-state index in [9.17, 15) is 9.59 Å². The van der Waals surface area contributed by atoms with E-state index in [1.54, 1.807) is 4.90 Å². The molecule has 8 heteroatoms. The second-order valence-electron chi connectivity index (χ2n) is 8.26. The minimum absolute atomic E-state index is 0.0110. The van der Waals surface area contributed by atoms with Gasteiger partial charge in [0.15, 0.2) is 0 Å². The highest BCUT2D eigenvalue weighted by molar-refractivity contribution is 7.12. The van der Waals surface area contributed by atoms with E-state index in [2.05, 4.69) is 14.9 Å². The Labute approximate surface area is 184 Å². The molecule has 1 N–H and O–H groups in total. The SMILES string of the molecule is O=C(c1cccs1)N1CCc2nc(C3CCCN(Cc4ccncc4)C3)[nH]c(=O)c2C1. The number of hydrogen-bond donors (Lipinski definition) is 1. The Hall–Kier alpha value is -2.84. The van der Waals surface area contributed by atoms with E-state index in [1.807, 2.05) is 42.0 Å². The maximum Gasteiger partial charge on any atom is 0.264 e. The predicted octanol–water partition coefficient (Wildman–Crippen LogP) is 2.80. The fraction of sp³-hybridized carbons (Fsp3) is 0.391. The van der Waals surface area contributed by atoms with Crippen LogP contribution in [0, 0.1) is 0 Å². The van der Waals surface area contributed by atoms with Crippen molar-refractivity contribution in [1.82, 2.24) is 24.8 Å². The molecule has 0 bridgehead atoms. The van der Waals surface area contributed by atoms with Crippen molar-refractivity contribution in [1.29, 1.82) is 0 Å². The maximum atomic E-state index is 12.9. The highest BCUT2D eigenvalue weighted by Crippen LogP contribution is 2.26. The van der Waals surface area contributed by atoms with Crippen molar-refractivity contribution >= 4 is 17.2 Å². The highest BCUT2D eigenvalue weighted by Gasteiger charge is 2.28. The van der Waals surface area contributed by atoms with Crippen molar-refractivity contribution in [2.75, 3.05) is 19.6 Å². The molecule has 0 spiro atoms. The van der Waals surface area contributed by atoms with Gasteiger partial charge in [0.1, 0.15) is 5.82 Å². The van der Waals surface area contributed by atoms with Crippen LogP contribution in [0.3, 0.4) is 0 Å². The van der Waals surface area contributed by atoms with Crippen LogP contribution in [0.4, 0.5) is 0 Å². The van der Waals surface area contributed by atoms with Crippen LogP contribution in [0.2, 0.25) is 0 Å². The predicted molar refractivity (Wildman–Crippen MR) is 119 cm³/mol. The Morgan fingerprint density at radius 2 is 2.10 bits per heavy atom. The summed E-state index contributed by atoms with van der Waals surface area (Å²) in [5.41, 5.74) is 2.62. The number of amides is 1. The fourth-order valence-electron chi connectivity index (χ4n) is 4.54. The molecule has 3 aromatic heterocycles. The van der Waals surface area contributed by atoms with Crippen molar-refractivity contribution in [3.63, 3.8) is 0 Å². The summed E-state index contributed by atoms with van der Waals surface area (Å²) in [4.78, 5) is 42.5. The standard InChI is InChI=1S/C23H25N5O2S/c29-22-18-15-28(23(30)20-4-2-12-31-20)11-7-19(18)25-21(26-22)17-3-1-10-27(14-17)13-16-5-8-24-9-6-16/h2,4-6,8-9,12,17H,1,3,7,10-11,13-15H2,(H,25,26,29). The third-order valence-corrected chi connectivity index (χ3v) is 7.01. The molecule has 1 unspecified atom stereocenters. The van der Waals surface area contributed by atoms with Crippen LogP contribution < -0.4 is 5.56 Å². The minimum atomic E-state index is -0.102. The Balaban J connectivity index is 1.31. The number of carbonyl (C=O) groups excluding carboxylic acids is 1. The lowest BCUT2D eigenvalue weighted by Crippen LogP contribution is -2.40. The van der Waals surface area contributed by atoms with Crippen molar-refractivity contribution in [3.8, 4) is 0 Å². The average Bonchev–Trinajstić information content (AvgIpc) is 3.34. The zero-order chi connectivity index (χ0) is 21.2. The number of rotatable bonds is 4. The van der Waals surface area contributed by atoms with Crippen LogP contribution in [0.1, 0.15) is 51.1 Å². The third-order valence-electron chi connectivity index (χ3n) is 6.15. The molecule has 2 aliphatic heterocycles. The Morgan fingerprint density at radius 3 is 2.90 bits per heavy atom. The number of likely N-dealkylation sites (tertiary alicyclic amines) is 1. The number of H-pyrrole nitrogens is 1. The van der Waals surface area contributed by atoms with Gasteiger partial charge in [-0.3, -0.25) is 19.5 Å². The monoisotopic (exact) mass is 435 g/mol. The van der Waals surface area contributed by atoms with Crippen molar-refractivity contribution in [3.05, 3.63) is 79.9 Å². The molecular formula is C23H25N5O2S. The lowest BCUT2D eigenvalue weighted by atomic mass is 9.96. The van der Waals surface area contributed by atoms with E-state index < -0.39 is 0 Å². The molecule has 2 aliphatic rings. The number of nitrogens with zero attached hydrogens (tertiary/aromatic N) is 4. The zero-order valence-electron chi connectivity index (χ0n) is 17.3. The summed E-state index contributed by atoms with van der Waals surface area (Å²) >= 11 is 1.43. The van der Waals surface area contributed by atoms with Gasteiger partial charge in [0.2, 0.25) is 0 Å². The number of fused-ring (bicyclic) bond motifs is 1. The molecular weight excluding hydrogens is 410 g/mol. The quantitative estimate of drug-likeness (QED) is 0.682. The number of carbonyl (C=O) groups is 1. The van der Waals surface area contributed by atoms with Crippen molar-refractivity contribution in [2.24, 2.45) is 0 Å². The lowest BCUT2D eigenvalue weighted by Gasteiger charge is -2.33. The van der Waals surface area contributed by atoms with Gasteiger partial charge in [-0.05, 0) is 48.5 Å². The van der Waals surface area contributed by atoms with Gasteiger partial charge in [0.05, 0.1) is 22.7 Å². The van der Waals surface area contributed by atoms with Gasteiger partial charge in [0.25, 0.3) is 11.5 Å². The van der Waals surface area contributed by atoms with Gasteiger partial charge in [-0.2, -0.15) is 0 Å². The Bertz CT molecular complexity index is 1110. The first-order valence-electron chi connectivity index (χ1n) is 10.7. The summed E-state index contributed by atoms with van der Waals surface area (Å²) in [7, 11) is 0. The summed E-state index contributed by atoms with van der Waals surface area (Å²) in [6.45, 7) is 3.74. The van der Waals surface area contributed by atoms with Gasteiger partial charge >= 0.3 is 0 Å². The normalized spacial score (nSPS) is 19.2. The van der Waals surface area contributed by atoms with Gasteiger partial charge in [-0.15, -0.1) is 11.3 Å². The molecule has 0 aromatic carbocycles. The second kappa shape index (κ2) is 8.72. The molecule has 5 heterocycles. The van der Waals surface area contributed by atoms with Crippen LogP contribution >= 0.6 is 11.3 Å². The number of aromatic nitrogens is 3. The molecule has 7 nitrogen and oxygen atoms in total. The molecule has 160 valence electrons. The van der Waals surface area contributed by atoms with Gasteiger partial charge < -0.3 is 9.88 Å². The number of nitrogens with one attached hydrogen (secondary N) is 1. The molecule has 0 radical (unpaired) electrons. The molecule has 3 aromatic rings. The second-order valence-corrected chi connectivity index (χ2v) is 9.21. The topological polar surface area (TPSA) is 82.2 Å². The largest absolute Gasteiger partial charge is 0.333 e. The third kappa shape index (κ3) is 4.31. The molecule has 0 saturated carbocycles. The lowest BCUT2D eigenvalue weighted by molar-refractivity contribution is 0.0737. The first-order valence-corrected chi connectivity index (χ1v) is 11.6. The van der Waals surface area contributed by atoms with Crippen molar-refractivity contribution < 1.29 is 4.79 Å². The summed E-state index contributed by atoms with van der Waals surface area (Å²) in [6, 6.07) is 7.80. The Kier molecular flexibility index (Phi) is 5.65. The van der Waals surface area contributed by atoms with E-state index in [-0.39, 0.29) is 17.4 Å². The molecule has 1 fully saturated rings. The van der Waals surface area contributed by atoms with E-state index in [1.165, 1.54) is 16.9 Å². The molecule has 31 heavy (non-hydrogen) atoms. The highest BCUT2D eigenvalue weighted by atomic mass is 32.1. The molecule has 1 amide bonds. The van der Waals surface area contributed by atoms with Gasteiger partial charge in [0, 0.05) is 44.4 Å². The smallest absolute Gasteiger partial charge is 0.264 e. The van der Waals surface area contributed by atoms with E-state index >= 15 is 0 Å². The molecule has 0 aliphatic carbocycles. The van der Waals surface area contributed by atoms with Gasteiger partial charge in [-0.25, -0.2) is 4.98 Å². The summed E-state index contributed by atoms with van der Waals surface area (Å²) in [5, 5.41) is 1.90. The fourth-order valence-corrected chi connectivity index (χ4v) is 5.23. The molecule has 5 rings (SSSR count). The first-order chi connectivity index (χ1) is 15.2. The summed E-state index contributed by atoms with van der Waals surface area (Å²) < 4.78 is 0. The van der Waals surface area contributed by atoms with E-state index in [0.29, 0.717) is 30.0 Å². The average molecular weight is 436 g/mol. The van der Waals surface area contributed by atoms with Crippen LogP contribution in [0.15, 0.2) is 46.8 Å². The number of pyridine rings is 1. The molecule has 1 atom stereocenters. The molecule has 1 saturated heterocycles. The first kappa shape index (κ1) is 20.1. The zero-order valence-corrected chi connectivity index (χ0v) is 18.1. The Morgan fingerprint density at radius 1 is 1.23 bits per heavy atom. The van der Waals surface area contributed by atoms with E-state index in [4.69, 9.17) is 4.98 Å².